The zero-order valence-corrected chi connectivity index (χ0v) is 11.9. The Morgan fingerprint density at radius 1 is 1.19 bits per heavy atom. The number of halogens is 1. The number of carbonyl (C=O) groups is 1. The van der Waals surface area contributed by atoms with Crippen molar-refractivity contribution in [2.75, 3.05) is 6.54 Å². The van der Waals surface area contributed by atoms with Gasteiger partial charge in [0, 0.05) is 4.32 Å². The summed E-state index contributed by atoms with van der Waals surface area (Å²) in [7, 11) is 0. The third-order valence-electron chi connectivity index (χ3n) is 3.42. The van der Waals surface area contributed by atoms with Gasteiger partial charge >= 0.3 is 0 Å². The molecule has 2 unspecified atom stereocenters. The number of nitrogens with one attached hydrogen (secondary N) is 1. The van der Waals surface area contributed by atoms with Gasteiger partial charge in [0.1, 0.15) is 6.29 Å². The Morgan fingerprint density at radius 3 is 2.62 bits per heavy atom. The van der Waals surface area contributed by atoms with Crippen LogP contribution in [0, 0.1) is 0 Å². The van der Waals surface area contributed by atoms with Gasteiger partial charge in [-0.1, -0.05) is 41.6 Å². The minimum atomic E-state index is 0.0521. The first kappa shape index (κ1) is 14.2. The van der Waals surface area contributed by atoms with Crippen LogP contribution in [0.5, 0.6) is 0 Å². The third-order valence-corrected chi connectivity index (χ3v) is 4.22. The Morgan fingerprint density at radius 2 is 1.88 bits per heavy atom. The maximum atomic E-state index is 10.9. The van der Waals surface area contributed by atoms with E-state index >= 15 is 0 Å². The lowest BCUT2D eigenvalue weighted by Gasteiger charge is -2.25. The molecule has 0 bridgehead atoms. The summed E-state index contributed by atoms with van der Waals surface area (Å²) in [5.41, 5.74) is 0. The first-order valence-electron chi connectivity index (χ1n) is 6.52. The molecule has 0 aromatic heterocycles. The van der Waals surface area contributed by atoms with Gasteiger partial charge in [0.25, 0.3) is 0 Å². The lowest BCUT2D eigenvalue weighted by Crippen LogP contribution is -2.33. The summed E-state index contributed by atoms with van der Waals surface area (Å²) in [5, 5.41) is 3.34. The van der Waals surface area contributed by atoms with E-state index in [9.17, 15) is 4.79 Å². The van der Waals surface area contributed by atoms with Crippen LogP contribution in [-0.2, 0) is 4.79 Å². The second-order valence-corrected chi connectivity index (χ2v) is 7.08. The molecule has 1 heterocycles. The normalized spacial score (nSPS) is 34.8. The fraction of sp³-hybridized carbons (Fsp3) is 0.923. The van der Waals surface area contributed by atoms with Gasteiger partial charge in [0.15, 0.2) is 0 Å². The highest BCUT2D eigenvalue weighted by molar-refractivity contribution is 9.10. The summed E-state index contributed by atoms with van der Waals surface area (Å²) in [4.78, 5) is 10.9. The van der Waals surface area contributed by atoms with Gasteiger partial charge in [-0.05, 0) is 39.2 Å². The summed E-state index contributed by atoms with van der Waals surface area (Å²) in [6, 6.07) is 0.0521. The Bertz CT molecular complexity index is 206. The molecule has 0 aromatic carbocycles. The standard InChI is InChI=1S/C13H24BrNO/c1-13(14)8-5-3-2-4-6-10-15-12(11-16)7-9-13/h11-12,15H,2-10H2,1H3. The van der Waals surface area contributed by atoms with Crippen molar-refractivity contribution in [2.24, 2.45) is 0 Å². The molecular weight excluding hydrogens is 266 g/mol. The van der Waals surface area contributed by atoms with Crippen LogP contribution in [0.4, 0.5) is 0 Å². The van der Waals surface area contributed by atoms with E-state index in [1.165, 1.54) is 38.5 Å². The molecule has 3 heteroatoms. The van der Waals surface area contributed by atoms with E-state index in [0.29, 0.717) is 0 Å². The molecule has 0 saturated carbocycles. The Kier molecular flexibility index (Phi) is 6.59. The second-order valence-electron chi connectivity index (χ2n) is 5.17. The van der Waals surface area contributed by atoms with Crippen molar-refractivity contribution in [3.05, 3.63) is 0 Å². The minimum Gasteiger partial charge on any atom is -0.308 e. The molecule has 2 nitrogen and oxygen atoms in total. The fourth-order valence-electron chi connectivity index (χ4n) is 2.24. The van der Waals surface area contributed by atoms with Crippen LogP contribution in [0.1, 0.15) is 58.3 Å². The molecule has 16 heavy (non-hydrogen) atoms. The zero-order valence-electron chi connectivity index (χ0n) is 10.3. The van der Waals surface area contributed by atoms with Crippen LogP contribution in [0.2, 0.25) is 0 Å². The number of carbonyl (C=O) groups excluding carboxylic acids is 1. The zero-order chi connectivity index (χ0) is 11.9. The fourth-order valence-corrected chi connectivity index (χ4v) is 2.75. The molecule has 94 valence electrons. The second kappa shape index (κ2) is 7.44. The molecule has 1 rings (SSSR count). The van der Waals surface area contributed by atoms with Crippen LogP contribution in [-0.4, -0.2) is 23.2 Å². The average molecular weight is 290 g/mol. The lowest BCUT2D eigenvalue weighted by atomic mass is 9.95. The molecule has 1 aliphatic heterocycles. The summed E-state index contributed by atoms with van der Waals surface area (Å²) < 4.78 is 0.217. The SMILES string of the molecule is CC1(Br)CCCCCCCNC(C=O)CC1. The van der Waals surface area contributed by atoms with Crippen molar-refractivity contribution in [1.29, 1.82) is 0 Å². The average Bonchev–Trinajstić information content (AvgIpc) is 2.24. The van der Waals surface area contributed by atoms with Crippen LogP contribution in [0.3, 0.4) is 0 Å². The van der Waals surface area contributed by atoms with Gasteiger partial charge in [-0.15, -0.1) is 0 Å². The molecule has 0 aliphatic carbocycles. The van der Waals surface area contributed by atoms with E-state index in [2.05, 4.69) is 28.2 Å². The number of rotatable bonds is 1. The topological polar surface area (TPSA) is 29.1 Å². The molecule has 1 aliphatic rings. The first-order chi connectivity index (χ1) is 7.64. The molecule has 2 atom stereocenters. The summed E-state index contributed by atoms with van der Waals surface area (Å²) in [6.45, 7) is 3.24. The third kappa shape index (κ3) is 6.00. The van der Waals surface area contributed by atoms with E-state index in [-0.39, 0.29) is 10.4 Å². The van der Waals surface area contributed by atoms with E-state index in [4.69, 9.17) is 0 Å². The van der Waals surface area contributed by atoms with Crippen molar-refractivity contribution in [2.45, 2.75) is 68.7 Å². The number of aldehydes is 1. The van der Waals surface area contributed by atoms with Crippen LogP contribution in [0.15, 0.2) is 0 Å². The molecule has 1 fully saturated rings. The molecule has 1 saturated heterocycles. The number of alkyl halides is 1. The van der Waals surface area contributed by atoms with Crippen molar-refractivity contribution < 1.29 is 4.79 Å². The van der Waals surface area contributed by atoms with Crippen molar-refractivity contribution in [3.63, 3.8) is 0 Å². The molecule has 0 amide bonds. The van der Waals surface area contributed by atoms with Crippen molar-refractivity contribution in [1.82, 2.24) is 5.32 Å². The van der Waals surface area contributed by atoms with E-state index in [1.807, 2.05) is 0 Å². The molecule has 0 aromatic rings. The van der Waals surface area contributed by atoms with E-state index < -0.39 is 0 Å². The Labute approximate surface area is 108 Å². The molecule has 1 N–H and O–H groups in total. The Balaban J connectivity index is 2.43. The maximum Gasteiger partial charge on any atom is 0.136 e. The number of hydrogen-bond acceptors (Lipinski definition) is 2. The van der Waals surface area contributed by atoms with Crippen LogP contribution in [0.25, 0.3) is 0 Å². The van der Waals surface area contributed by atoms with Crippen molar-refractivity contribution >= 4 is 22.2 Å². The predicted molar refractivity (Wildman–Crippen MR) is 72.1 cm³/mol. The van der Waals surface area contributed by atoms with Gasteiger partial charge in [-0.2, -0.15) is 0 Å². The molecular formula is C13H24BrNO. The first-order valence-corrected chi connectivity index (χ1v) is 7.31. The number of hydrogen-bond donors (Lipinski definition) is 1. The quantitative estimate of drug-likeness (QED) is 0.592. The van der Waals surface area contributed by atoms with Crippen LogP contribution < -0.4 is 5.32 Å². The largest absolute Gasteiger partial charge is 0.308 e. The molecule has 0 spiro atoms. The maximum absolute atomic E-state index is 10.9. The van der Waals surface area contributed by atoms with Crippen molar-refractivity contribution in [3.8, 4) is 0 Å². The van der Waals surface area contributed by atoms with Gasteiger partial charge in [0.05, 0.1) is 6.04 Å². The summed E-state index contributed by atoms with van der Waals surface area (Å²) in [6.07, 6.45) is 10.8. The smallest absolute Gasteiger partial charge is 0.136 e. The van der Waals surface area contributed by atoms with Gasteiger partial charge in [-0.25, -0.2) is 0 Å². The van der Waals surface area contributed by atoms with Crippen LogP contribution >= 0.6 is 15.9 Å². The highest BCUT2D eigenvalue weighted by Crippen LogP contribution is 2.30. The predicted octanol–water partition coefficient (Wildman–Crippen LogP) is 3.43. The monoisotopic (exact) mass is 289 g/mol. The molecule has 0 radical (unpaired) electrons. The minimum absolute atomic E-state index is 0.0521. The highest BCUT2D eigenvalue weighted by atomic mass is 79.9. The Hall–Kier alpha value is 0.110. The van der Waals surface area contributed by atoms with E-state index in [1.54, 1.807) is 0 Å². The summed E-state index contributed by atoms with van der Waals surface area (Å²) >= 11 is 3.80. The summed E-state index contributed by atoms with van der Waals surface area (Å²) in [5.74, 6) is 0. The van der Waals surface area contributed by atoms with E-state index in [0.717, 1.165) is 25.7 Å². The van der Waals surface area contributed by atoms with Gasteiger partial charge in [-0.3, -0.25) is 0 Å². The highest BCUT2D eigenvalue weighted by Gasteiger charge is 2.21. The lowest BCUT2D eigenvalue weighted by molar-refractivity contribution is -0.109. The van der Waals surface area contributed by atoms with Gasteiger partial charge < -0.3 is 10.1 Å². The van der Waals surface area contributed by atoms with Gasteiger partial charge in [0.2, 0.25) is 0 Å².